The molecule has 1 aromatic heterocycles. The lowest BCUT2D eigenvalue weighted by Gasteiger charge is -2.06. The summed E-state index contributed by atoms with van der Waals surface area (Å²) in [5, 5.41) is 6.68. The Hall–Kier alpha value is -2.93. The number of hydrogen-bond donors (Lipinski definition) is 1. The molecule has 1 N–H and O–H groups in total. The average molecular weight is 341 g/mol. The Bertz CT molecular complexity index is 906. The molecule has 0 saturated carbocycles. The number of nitrogens with zero attached hydrogens (tertiary/aromatic N) is 2. The Morgan fingerprint density at radius 1 is 1.12 bits per heavy atom. The minimum Gasteiger partial charge on any atom is -0.321 e. The molecule has 0 bridgehead atoms. The van der Waals surface area contributed by atoms with E-state index in [0.717, 1.165) is 11.5 Å². The van der Waals surface area contributed by atoms with Gasteiger partial charge in [0.25, 0.3) is 5.91 Å². The number of carbonyl (C=O) groups is 2. The van der Waals surface area contributed by atoms with Gasteiger partial charge in [-0.15, -0.1) is 5.10 Å². The first-order chi connectivity index (χ1) is 11.5. The van der Waals surface area contributed by atoms with E-state index in [0.29, 0.717) is 27.4 Å². The summed E-state index contributed by atoms with van der Waals surface area (Å²) in [7, 11) is 0. The predicted molar refractivity (Wildman–Crippen MR) is 89.7 cm³/mol. The summed E-state index contributed by atoms with van der Waals surface area (Å²) in [5.74, 6) is -0.837. The zero-order chi connectivity index (χ0) is 17.1. The van der Waals surface area contributed by atoms with Gasteiger partial charge in [-0.3, -0.25) is 9.59 Å². The molecule has 0 aliphatic heterocycles. The van der Waals surface area contributed by atoms with Crippen molar-refractivity contribution in [2.75, 3.05) is 5.32 Å². The van der Waals surface area contributed by atoms with Crippen molar-refractivity contribution in [1.29, 1.82) is 0 Å². The summed E-state index contributed by atoms with van der Waals surface area (Å²) in [4.78, 5) is 24.2. The molecule has 0 aliphatic carbocycles. The Labute approximate surface area is 141 Å². The van der Waals surface area contributed by atoms with Gasteiger partial charge in [0.05, 0.1) is 0 Å². The third-order valence-corrected chi connectivity index (χ3v) is 4.06. The highest BCUT2D eigenvalue weighted by atomic mass is 32.1. The monoisotopic (exact) mass is 341 g/mol. The SMILES string of the molecule is CC(=O)c1cccc(NC(=O)c2snnc2-c2ccc(F)cc2)c1. The van der Waals surface area contributed by atoms with Gasteiger partial charge in [-0.05, 0) is 54.9 Å². The largest absolute Gasteiger partial charge is 0.321 e. The molecule has 0 atom stereocenters. The van der Waals surface area contributed by atoms with Crippen LogP contribution in [-0.4, -0.2) is 21.3 Å². The van der Waals surface area contributed by atoms with Gasteiger partial charge in [0.15, 0.2) is 5.78 Å². The highest BCUT2D eigenvalue weighted by Crippen LogP contribution is 2.25. The van der Waals surface area contributed by atoms with Crippen molar-refractivity contribution >= 4 is 28.9 Å². The van der Waals surface area contributed by atoms with Crippen LogP contribution >= 0.6 is 11.5 Å². The smallest absolute Gasteiger partial charge is 0.269 e. The first-order valence-corrected chi connectivity index (χ1v) is 7.82. The topological polar surface area (TPSA) is 72.0 Å². The van der Waals surface area contributed by atoms with Crippen LogP contribution < -0.4 is 5.32 Å². The van der Waals surface area contributed by atoms with Gasteiger partial charge in [-0.1, -0.05) is 16.6 Å². The van der Waals surface area contributed by atoms with E-state index in [9.17, 15) is 14.0 Å². The van der Waals surface area contributed by atoms with Crippen LogP contribution in [0.25, 0.3) is 11.3 Å². The van der Waals surface area contributed by atoms with Crippen molar-refractivity contribution in [3.63, 3.8) is 0 Å². The molecule has 0 fully saturated rings. The summed E-state index contributed by atoms with van der Waals surface area (Å²) < 4.78 is 16.9. The Morgan fingerprint density at radius 3 is 2.58 bits per heavy atom. The minimum atomic E-state index is -0.384. The number of nitrogens with one attached hydrogen (secondary N) is 1. The zero-order valence-electron chi connectivity index (χ0n) is 12.6. The molecule has 0 radical (unpaired) electrons. The van der Waals surface area contributed by atoms with E-state index in [1.165, 1.54) is 19.1 Å². The number of carbonyl (C=O) groups excluding carboxylic acids is 2. The van der Waals surface area contributed by atoms with E-state index < -0.39 is 0 Å². The fourth-order valence-corrected chi connectivity index (χ4v) is 2.72. The zero-order valence-corrected chi connectivity index (χ0v) is 13.4. The number of benzene rings is 2. The lowest BCUT2D eigenvalue weighted by atomic mass is 10.1. The number of hydrogen-bond acceptors (Lipinski definition) is 5. The molecule has 1 amide bonds. The van der Waals surface area contributed by atoms with E-state index in [1.54, 1.807) is 36.4 Å². The van der Waals surface area contributed by atoms with Crippen LogP contribution in [-0.2, 0) is 0 Å². The Morgan fingerprint density at radius 2 is 1.88 bits per heavy atom. The highest BCUT2D eigenvalue weighted by Gasteiger charge is 2.18. The average Bonchev–Trinajstić information content (AvgIpc) is 3.05. The predicted octanol–water partition coefficient (Wildman–Crippen LogP) is 3.80. The maximum atomic E-state index is 13.0. The third kappa shape index (κ3) is 3.36. The Balaban J connectivity index is 1.86. The second-order valence-corrected chi connectivity index (χ2v) is 5.80. The van der Waals surface area contributed by atoms with E-state index in [1.807, 2.05) is 0 Å². The quantitative estimate of drug-likeness (QED) is 0.733. The van der Waals surface area contributed by atoms with E-state index >= 15 is 0 Å². The minimum absolute atomic E-state index is 0.0856. The first kappa shape index (κ1) is 15.9. The van der Waals surface area contributed by atoms with E-state index in [4.69, 9.17) is 0 Å². The van der Waals surface area contributed by atoms with Gasteiger partial charge in [-0.25, -0.2) is 4.39 Å². The lowest BCUT2D eigenvalue weighted by Crippen LogP contribution is -2.12. The third-order valence-electron chi connectivity index (χ3n) is 3.34. The molecule has 0 unspecified atom stereocenters. The van der Waals surface area contributed by atoms with Crippen LogP contribution in [0, 0.1) is 5.82 Å². The van der Waals surface area contributed by atoms with Crippen molar-refractivity contribution in [3.8, 4) is 11.3 Å². The fraction of sp³-hybridized carbons (Fsp3) is 0.0588. The van der Waals surface area contributed by atoms with Crippen LogP contribution in [0.1, 0.15) is 27.0 Å². The molecule has 5 nitrogen and oxygen atoms in total. The first-order valence-electron chi connectivity index (χ1n) is 7.05. The second kappa shape index (κ2) is 6.67. The van der Waals surface area contributed by atoms with Crippen molar-refractivity contribution in [1.82, 2.24) is 9.59 Å². The fourth-order valence-electron chi connectivity index (χ4n) is 2.14. The number of ketones is 1. The summed E-state index contributed by atoms with van der Waals surface area (Å²) >= 11 is 0.953. The second-order valence-electron chi connectivity index (χ2n) is 5.05. The molecular formula is C17H12FN3O2S. The number of aromatic nitrogens is 2. The van der Waals surface area contributed by atoms with Crippen molar-refractivity contribution in [2.45, 2.75) is 6.92 Å². The molecule has 0 aliphatic rings. The maximum Gasteiger partial charge on any atom is 0.269 e. The summed E-state index contributed by atoms with van der Waals surface area (Å²) in [6, 6.07) is 12.3. The number of rotatable bonds is 4. The van der Waals surface area contributed by atoms with Gasteiger partial charge < -0.3 is 5.32 Å². The molecule has 0 spiro atoms. The molecule has 24 heavy (non-hydrogen) atoms. The summed E-state index contributed by atoms with van der Waals surface area (Å²) in [6.07, 6.45) is 0. The van der Waals surface area contributed by atoms with E-state index in [2.05, 4.69) is 14.9 Å². The standard InChI is InChI=1S/C17H12FN3O2S/c1-10(22)12-3-2-4-14(9-12)19-17(23)16-15(20-21-24-16)11-5-7-13(18)8-6-11/h2-9H,1H3,(H,19,23). The Kier molecular flexibility index (Phi) is 4.43. The van der Waals surface area contributed by atoms with Crippen LogP contribution in [0.2, 0.25) is 0 Å². The normalized spacial score (nSPS) is 10.4. The maximum absolute atomic E-state index is 13.0. The summed E-state index contributed by atoms with van der Waals surface area (Å²) in [5.41, 5.74) is 2.01. The molecular weight excluding hydrogens is 329 g/mol. The molecule has 120 valence electrons. The molecule has 7 heteroatoms. The van der Waals surface area contributed by atoms with Crippen molar-refractivity contribution in [2.24, 2.45) is 0 Å². The molecule has 2 aromatic carbocycles. The van der Waals surface area contributed by atoms with Gasteiger partial charge in [0.1, 0.15) is 16.4 Å². The highest BCUT2D eigenvalue weighted by molar-refractivity contribution is 7.08. The van der Waals surface area contributed by atoms with Crippen LogP contribution in [0.4, 0.5) is 10.1 Å². The number of Topliss-reactive ketones (excluding diaryl/α,β-unsaturated/α-hetero) is 1. The van der Waals surface area contributed by atoms with Crippen LogP contribution in [0.15, 0.2) is 48.5 Å². The molecule has 0 saturated heterocycles. The number of amides is 1. The van der Waals surface area contributed by atoms with Gasteiger partial charge in [0, 0.05) is 16.8 Å². The van der Waals surface area contributed by atoms with Gasteiger partial charge in [-0.2, -0.15) is 0 Å². The van der Waals surface area contributed by atoms with Crippen LogP contribution in [0.3, 0.4) is 0 Å². The van der Waals surface area contributed by atoms with Gasteiger partial charge >= 0.3 is 0 Å². The van der Waals surface area contributed by atoms with Gasteiger partial charge in [0.2, 0.25) is 0 Å². The van der Waals surface area contributed by atoms with Crippen LogP contribution in [0.5, 0.6) is 0 Å². The molecule has 3 rings (SSSR count). The lowest BCUT2D eigenvalue weighted by molar-refractivity contribution is 0.101. The molecule has 1 heterocycles. The van der Waals surface area contributed by atoms with Crippen molar-refractivity contribution in [3.05, 3.63) is 64.8 Å². The summed E-state index contributed by atoms with van der Waals surface area (Å²) in [6.45, 7) is 1.46. The number of anilines is 1. The number of halogens is 1. The molecule has 3 aromatic rings. The van der Waals surface area contributed by atoms with Crippen molar-refractivity contribution < 1.29 is 14.0 Å². The van der Waals surface area contributed by atoms with E-state index in [-0.39, 0.29) is 17.5 Å².